The summed E-state index contributed by atoms with van der Waals surface area (Å²) in [5, 5.41) is 5.89. The Morgan fingerprint density at radius 3 is 2.58 bits per heavy atom. The van der Waals surface area contributed by atoms with E-state index < -0.39 is 0 Å². The van der Waals surface area contributed by atoms with Gasteiger partial charge in [-0.25, -0.2) is 9.97 Å². The van der Waals surface area contributed by atoms with Crippen LogP contribution in [0.2, 0.25) is 0 Å². The van der Waals surface area contributed by atoms with Crippen LogP contribution in [-0.4, -0.2) is 43.7 Å². The summed E-state index contributed by atoms with van der Waals surface area (Å²) in [7, 11) is 5.09. The van der Waals surface area contributed by atoms with Crippen LogP contribution < -0.4 is 19.7 Å². The summed E-state index contributed by atoms with van der Waals surface area (Å²) in [5.74, 6) is 2.04. The highest BCUT2D eigenvalue weighted by atomic mass is 32.1. The largest absolute Gasteiger partial charge is 0.497 e. The molecule has 0 aliphatic carbocycles. The second-order valence-corrected chi connectivity index (χ2v) is 7.75. The van der Waals surface area contributed by atoms with Gasteiger partial charge in [0.15, 0.2) is 0 Å². The topological polar surface area (TPSA) is 76.6 Å². The Morgan fingerprint density at radius 1 is 1.06 bits per heavy atom. The highest BCUT2D eigenvalue weighted by Crippen LogP contribution is 2.38. The number of amides is 1. The number of benzene rings is 2. The van der Waals surface area contributed by atoms with Gasteiger partial charge in [0, 0.05) is 29.7 Å². The van der Waals surface area contributed by atoms with E-state index in [1.165, 1.54) is 6.33 Å². The number of hydrogen-bond acceptors (Lipinski definition) is 7. The van der Waals surface area contributed by atoms with Gasteiger partial charge >= 0.3 is 0 Å². The molecule has 1 N–H and O–H groups in total. The van der Waals surface area contributed by atoms with Crippen molar-refractivity contribution >= 4 is 39.0 Å². The van der Waals surface area contributed by atoms with Gasteiger partial charge in [0.05, 0.1) is 26.2 Å². The Hall–Kier alpha value is -3.65. The molecular formula is C23H22N4O3S. The van der Waals surface area contributed by atoms with Crippen LogP contribution in [0.4, 0.5) is 11.5 Å². The number of aromatic nitrogens is 2. The molecule has 4 aromatic rings. The highest BCUT2D eigenvalue weighted by Gasteiger charge is 2.18. The first-order valence-corrected chi connectivity index (χ1v) is 10.5. The summed E-state index contributed by atoms with van der Waals surface area (Å²) in [6, 6.07) is 15.1. The minimum Gasteiger partial charge on any atom is -0.497 e. The lowest BCUT2D eigenvalue weighted by molar-refractivity contribution is -0.114. The minimum atomic E-state index is -0.149. The molecule has 2 aromatic carbocycles. The van der Waals surface area contributed by atoms with Crippen molar-refractivity contribution in [2.45, 2.75) is 0 Å². The third kappa shape index (κ3) is 4.44. The quantitative estimate of drug-likeness (QED) is 0.463. The second-order valence-electron chi connectivity index (χ2n) is 6.89. The maximum absolute atomic E-state index is 12.6. The smallest absolute Gasteiger partial charge is 0.243 e. The number of carbonyl (C=O) groups is 1. The first-order chi connectivity index (χ1) is 15.1. The molecule has 8 heteroatoms. The number of methoxy groups -OCH3 is 2. The molecule has 7 nitrogen and oxygen atoms in total. The van der Waals surface area contributed by atoms with Gasteiger partial charge in [-0.15, -0.1) is 11.3 Å². The van der Waals surface area contributed by atoms with Gasteiger partial charge in [0.2, 0.25) is 5.91 Å². The zero-order valence-corrected chi connectivity index (χ0v) is 18.3. The summed E-state index contributed by atoms with van der Waals surface area (Å²) < 4.78 is 10.5. The van der Waals surface area contributed by atoms with E-state index in [1.54, 1.807) is 31.6 Å². The van der Waals surface area contributed by atoms with Gasteiger partial charge in [-0.1, -0.05) is 18.2 Å². The fraction of sp³-hybridized carbons (Fsp3) is 0.174. The summed E-state index contributed by atoms with van der Waals surface area (Å²) >= 11 is 1.55. The third-order valence-corrected chi connectivity index (χ3v) is 5.73. The predicted molar refractivity (Wildman–Crippen MR) is 124 cm³/mol. The molecule has 2 aromatic heterocycles. The number of nitrogens with one attached hydrogen (secondary N) is 1. The molecule has 0 aliphatic rings. The fourth-order valence-electron chi connectivity index (χ4n) is 3.32. The standard InChI is InChI=1S/C23H22N4O3S/c1-27(12-20(28)26-16-5-4-6-18(11-16)30-3)22-21-19(13-31-23(21)25-14-24-22)15-7-9-17(29-2)10-8-15/h4-11,13-14H,12H2,1-3H3,(H,26,28). The molecule has 2 heterocycles. The third-order valence-electron chi connectivity index (χ3n) is 4.85. The number of anilines is 2. The fourth-order valence-corrected chi connectivity index (χ4v) is 4.23. The number of fused-ring (bicyclic) bond motifs is 1. The van der Waals surface area contributed by atoms with Crippen LogP contribution in [0, 0.1) is 0 Å². The lowest BCUT2D eigenvalue weighted by atomic mass is 10.1. The number of ether oxygens (including phenoxy) is 2. The van der Waals surface area contributed by atoms with Crippen molar-refractivity contribution in [2.75, 3.05) is 38.0 Å². The lowest BCUT2D eigenvalue weighted by Crippen LogP contribution is -2.30. The van der Waals surface area contributed by atoms with Gasteiger partial charge in [0.25, 0.3) is 0 Å². The van der Waals surface area contributed by atoms with E-state index in [0.717, 1.165) is 27.1 Å². The van der Waals surface area contributed by atoms with Crippen molar-refractivity contribution in [3.05, 3.63) is 60.2 Å². The van der Waals surface area contributed by atoms with E-state index >= 15 is 0 Å². The van der Waals surface area contributed by atoms with Crippen molar-refractivity contribution in [3.63, 3.8) is 0 Å². The van der Waals surface area contributed by atoms with Crippen LogP contribution in [0.25, 0.3) is 21.3 Å². The summed E-state index contributed by atoms with van der Waals surface area (Å²) in [5.41, 5.74) is 2.75. The molecule has 0 saturated heterocycles. The molecule has 0 aliphatic heterocycles. The maximum Gasteiger partial charge on any atom is 0.243 e. The molecule has 0 spiro atoms. The van der Waals surface area contributed by atoms with Crippen molar-refractivity contribution < 1.29 is 14.3 Å². The monoisotopic (exact) mass is 434 g/mol. The SMILES string of the molecule is COc1ccc(-c2csc3ncnc(N(C)CC(=O)Nc4cccc(OC)c4)c23)cc1. The normalized spacial score (nSPS) is 10.7. The van der Waals surface area contributed by atoms with Crippen LogP contribution in [0.15, 0.2) is 60.2 Å². The van der Waals surface area contributed by atoms with E-state index in [9.17, 15) is 4.79 Å². The average Bonchev–Trinajstić information content (AvgIpc) is 3.23. The number of likely N-dealkylation sites (N-methyl/N-ethyl adjacent to an activating group) is 1. The van der Waals surface area contributed by atoms with E-state index in [1.807, 2.05) is 54.4 Å². The van der Waals surface area contributed by atoms with Crippen molar-refractivity contribution in [1.82, 2.24) is 9.97 Å². The zero-order chi connectivity index (χ0) is 21.8. The number of carbonyl (C=O) groups excluding carboxylic acids is 1. The van der Waals surface area contributed by atoms with Crippen LogP contribution in [0.1, 0.15) is 0 Å². The van der Waals surface area contributed by atoms with E-state index in [-0.39, 0.29) is 12.5 Å². The predicted octanol–water partition coefficient (Wildman–Crippen LogP) is 4.45. The average molecular weight is 435 g/mol. The summed E-state index contributed by atoms with van der Waals surface area (Å²) in [6.45, 7) is 0.140. The Bertz CT molecular complexity index is 1210. The van der Waals surface area contributed by atoms with Crippen LogP contribution in [-0.2, 0) is 4.79 Å². The van der Waals surface area contributed by atoms with Gasteiger partial charge in [-0.2, -0.15) is 0 Å². The van der Waals surface area contributed by atoms with E-state index in [4.69, 9.17) is 9.47 Å². The first kappa shape index (κ1) is 20.6. The number of thiophene rings is 1. The number of hydrogen-bond donors (Lipinski definition) is 1. The molecule has 4 rings (SSSR count). The minimum absolute atomic E-state index is 0.140. The van der Waals surface area contributed by atoms with Crippen LogP contribution in [0.5, 0.6) is 11.5 Å². The van der Waals surface area contributed by atoms with Crippen molar-refractivity contribution in [3.8, 4) is 22.6 Å². The zero-order valence-electron chi connectivity index (χ0n) is 17.5. The molecule has 0 unspecified atom stereocenters. The Balaban J connectivity index is 1.59. The Labute approximate surface area is 184 Å². The molecule has 0 atom stereocenters. The molecule has 0 saturated carbocycles. The lowest BCUT2D eigenvalue weighted by Gasteiger charge is -2.19. The summed E-state index contributed by atoms with van der Waals surface area (Å²) in [4.78, 5) is 24.2. The maximum atomic E-state index is 12.6. The summed E-state index contributed by atoms with van der Waals surface area (Å²) in [6.07, 6.45) is 1.53. The number of nitrogens with zero attached hydrogens (tertiary/aromatic N) is 3. The van der Waals surface area contributed by atoms with Gasteiger partial charge < -0.3 is 19.7 Å². The van der Waals surface area contributed by atoms with Crippen LogP contribution in [0.3, 0.4) is 0 Å². The Kier molecular flexibility index (Phi) is 5.99. The van der Waals surface area contributed by atoms with Gasteiger partial charge in [-0.3, -0.25) is 4.79 Å². The molecule has 1 amide bonds. The van der Waals surface area contributed by atoms with Crippen molar-refractivity contribution in [1.29, 1.82) is 0 Å². The van der Waals surface area contributed by atoms with Gasteiger partial charge in [0.1, 0.15) is 28.5 Å². The molecular weight excluding hydrogens is 412 g/mol. The van der Waals surface area contributed by atoms with Gasteiger partial charge in [-0.05, 0) is 29.8 Å². The Morgan fingerprint density at radius 2 is 1.84 bits per heavy atom. The second kappa shape index (κ2) is 9.01. The number of rotatable bonds is 7. The molecule has 0 fully saturated rings. The molecule has 31 heavy (non-hydrogen) atoms. The van der Waals surface area contributed by atoms with Crippen LogP contribution >= 0.6 is 11.3 Å². The highest BCUT2D eigenvalue weighted by molar-refractivity contribution is 7.17. The van der Waals surface area contributed by atoms with E-state index in [2.05, 4.69) is 20.7 Å². The molecule has 158 valence electrons. The molecule has 0 radical (unpaired) electrons. The first-order valence-electron chi connectivity index (χ1n) is 9.60. The van der Waals surface area contributed by atoms with E-state index in [0.29, 0.717) is 17.3 Å². The molecule has 0 bridgehead atoms. The van der Waals surface area contributed by atoms with Crippen molar-refractivity contribution in [2.24, 2.45) is 0 Å².